The summed E-state index contributed by atoms with van der Waals surface area (Å²) in [6.07, 6.45) is 2.56. The van der Waals surface area contributed by atoms with Crippen LogP contribution in [-0.2, 0) is 12.7 Å². The van der Waals surface area contributed by atoms with Gasteiger partial charge in [-0.2, -0.15) is 18.3 Å². The van der Waals surface area contributed by atoms with Crippen LogP contribution < -0.4 is 16.9 Å². The van der Waals surface area contributed by atoms with E-state index >= 15 is 0 Å². The number of H-pyrrole nitrogens is 1. The molecule has 0 bridgehead atoms. The second kappa shape index (κ2) is 10.9. The first-order valence-corrected chi connectivity index (χ1v) is 10.8. The lowest BCUT2D eigenvalue weighted by Gasteiger charge is -2.09. The molecule has 35 heavy (non-hydrogen) atoms. The number of aromatic amines is 1. The van der Waals surface area contributed by atoms with E-state index in [1.54, 1.807) is 40.3 Å². The van der Waals surface area contributed by atoms with Gasteiger partial charge in [-0.3, -0.25) is 14.6 Å². The average molecular weight is 489 g/mol. The smallest absolute Gasteiger partial charge is 0.397 e. The van der Waals surface area contributed by atoms with Gasteiger partial charge in [0.1, 0.15) is 11.4 Å². The fourth-order valence-electron chi connectivity index (χ4n) is 3.44. The molecule has 0 saturated carbocycles. The fraction of sp³-hybridized carbons (Fsp3) is 0.250. The van der Waals surface area contributed by atoms with Gasteiger partial charge in [0.2, 0.25) is 0 Å². The van der Waals surface area contributed by atoms with Gasteiger partial charge < -0.3 is 10.3 Å². The lowest BCUT2D eigenvalue weighted by atomic mass is 10.0. The van der Waals surface area contributed by atoms with Crippen molar-refractivity contribution in [2.45, 2.75) is 38.9 Å². The highest BCUT2D eigenvalue weighted by Gasteiger charge is 2.36. The maximum Gasteiger partial charge on any atom is 0.423 e. The number of aromatic nitrogens is 4. The zero-order valence-electron chi connectivity index (χ0n) is 18.8. The van der Waals surface area contributed by atoms with Crippen molar-refractivity contribution in [1.29, 1.82) is 0 Å². The third-order valence-corrected chi connectivity index (χ3v) is 5.18. The Morgan fingerprint density at radius 1 is 1.11 bits per heavy atom. The summed E-state index contributed by atoms with van der Waals surface area (Å²) in [5.74, 6) is -0.417. The number of pyridine rings is 2. The number of nitrogens with one attached hydrogen (secondary N) is 1. The quantitative estimate of drug-likeness (QED) is 0.310. The predicted octanol–water partition coefficient (Wildman–Crippen LogP) is 4.76. The van der Waals surface area contributed by atoms with Gasteiger partial charge >= 0.3 is 6.18 Å². The third-order valence-electron chi connectivity index (χ3n) is 5.18. The molecule has 4 aromatic rings. The van der Waals surface area contributed by atoms with Crippen molar-refractivity contribution in [3.63, 3.8) is 0 Å². The zero-order chi connectivity index (χ0) is 25.6. The summed E-state index contributed by atoms with van der Waals surface area (Å²) in [6.45, 7) is 2.80. The second-order valence-corrected chi connectivity index (χ2v) is 7.68. The third kappa shape index (κ3) is 6.11. The van der Waals surface area contributed by atoms with Crippen molar-refractivity contribution in [3.05, 3.63) is 87.1 Å². The van der Waals surface area contributed by atoms with E-state index in [1.165, 1.54) is 6.07 Å². The molecule has 0 radical (unpaired) electrons. The van der Waals surface area contributed by atoms with Crippen LogP contribution in [0.2, 0.25) is 0 Å². The number of hydrogen-bond donors (Lipinski definition) is 2. The minimum absolute atomic E-state index is 0.134. The number of benzene rings is 1. The van der Waals surface area contributed by atoms with Gasteiger partial charge in [-0.25, -0.2) is 9.49 Å². The number of rotatable bonds is 5. The topological polar surface area (TPSA) is 107 Å². The highest BCUT2D eigenvalue weighted by Crippen LogP contribution is 2.29. The van der Waals surface area contributed by atoms with Gasteiger partial charge in [0, 0.05) is 24.5 Å². The van der Waals surface area contributed by atoms with E-state index in [0.29, 0.717) is 23.2 Å². The first-order chi connectivity index (χ1) is 16.6. The summed E-state index contributed by atoms with van der Waals surface area (Å²) in [6, 6.07) is 10.3. The van der Waals surface area contributed by atoms with Crippen LogP contribution in [0.3, 0.4) is 0 Å². The SMILES string of the molecule is CCCCCn1ccc2cc(-c3ccccn3)c(F)cc2c1=O.Nc1cn[nH]c(=O)c1C(F)(F)F. The Labute approximate surface area is 197 Å². The molecular formula is C24H23F4N5O2. The van der Waals surface area contributed by atoms with Crippen LogP contribution in [0.4, 0.5) is 23.2 Å². The summed E-state index contributed by atoms with van der Waals surface area (Å²) < 4.78 is 52.0. The molecule has 4 rings (SSSR count). The Balaban J connectivity index is 0.000000241. The molecule has 3 N–H and O–H groups in total. The molecule has 184 valence electrons. The summed E-state index contributed by atoms with van der Waals surface area (Å²) in [4.78, 5) is 27.3. The minimum Gasteiger partial charge on any atom is -0.397 e. The number of nitrogen functional groups attached to an aromatic ring is 1. The van der Waals surface area contributed by atoms with Crippen molar-refractivity contribution < 1.29 is 17.6 Å². The van der Waals surface area contributed by atoms with Gasteiger partial charge in [0.15, 0.2) is 0 Å². The number of anilines is 1. The number of nitrogens with zero attached hydrogens (tertiary/aromatic N) is 3. The molecule has 11 heteroatoms. The number of unbranched alkanes of at least 4 members (excludes halogenated alkanes) is 2. The molecule has 3 heterocycles. The van der Waals surface area contributed by atoms with Gasteiger partial charge in [-0.05, 0) is 42.1 Å². The summed E-state index contributed by atoms with van der Waals surface area (Å²) in [5, 5.41) is 5.89. The lowest BCUT2D eigenvalue weighted by Crippen LogP contribution is -2.24. The monoisotopic (exact) mass is 489 g/mol. The Morgan fingerprint density at radius 3 is 2.49 bits per heavy atom. The zero-order valence-corrected chi connectivity index (χ0v) is 18.8. The van der Waals surface area contributed by atoms with Crippen LogP contribution in [0.15, 0.2) is 64.6 Å². The molecule has 0 amide bonds. The minimum atomic E-state index is -4.74. The molecule has 0 saturated heterocycles. The number of alkyl halides is 3. The Morgan fingerprint density at radius 2 is 1.89 bits per heavy atom. The number of hydrogen-bond acceptors (Lipinski definition) is 5. The first-order valence-electron chi connectivity index (χ1n) is 10.8. The van der Waals surface area contributed by atoms with Crippen molar-refractivity contribution in [2.24, 2.45) is 0 Å². The van der Waals surface area contributed by atoms with Gasteiger partial charge in [-0.1, -0.05) is 25.8 Å². The Hall–Kier alpha value is -4.02. The maximum absolute atomic E-state index is 14.4. The van der Waals surface area contributed by atoms with E-state index in [-0.39, 0.29) is 5.56 Å². The molecule has 3 aromatic heterocycles. The standard InChI is InChI=1S/C19H19FN2O.C5H4F3N3O/c1-2-3-6-10-22-11-8-14-12-16(18-7-4-5-9-21-18)17(20)13-15(14)19(22)23;6-5(7,8)3-2(9)1-10-11-4(3)12/h4-5,7-9,11-13H,2-3,6,10H2,1H3;1H,(H3,9,11,12). The predicted molar refractivity (Wildman–Crippen MR) is 125 cm³/mol. The number of aryl methyl sites for hydroxylation is 1. The Kier molecular flexibility index (Phi) is 8.00. The van der Waals surface area contributed by atoms with E-state index in [9.17, 15) is 27.2 Å². The summed E-state index contributed by atoms with van der Waals surface area (Å²) in [5.41, 5.74) is 2.35. The molecular weight excluding hydrogens is 466 g/mol. The van der Waals surface area contributed by atoms with Crippen LogP contribution in [0.25, 0.3) is 22.0 Å². The van der Waals surface area contributed by atoms with Gasteiger partial charge in [0.05, 0.1) is 23.0 Å². The van der Waals surface area contributed by atoms with E-state index in [4.69, 9.17) is 5.73 Å². The highest BCUT2D eigenvalue weighted by atomic mass is 19.4. The molecule has 0 aliphatic carbocycles. The lowest BCUT2D eigenvalue weighted by molar-refractivity contribution is -0.138. The molecule has 0 atom stereocenters. The van der Waals surface area contributed by atoms with E-state index < -0.39 is 28.8 Å². The van der Waals surface area contributed by atoms with Gasteiger partial charge in [0.25, 0.3) is 11.1 Å². The largest absolute Gasteiger partial charge is 0.423 e. The van der Waals surface area contributed by atoms with E-state index in [1.807, 2.05) is 12.1 Å². The number of fused-ring (bicyclic) bond motifs is 1. The maximum atomic E-state index is 14.4. The van der Waals surface area contributed by atoms with E-state index in [0.717, 1.165) is 30.8 Å². The summed E-state index contributed by atoms with van der Waals surface area (Å²) >= 11 is 0. The van der Waals surface area contributed by atoms with Crippen LogP contribution >= 0.6 is 0 Å². The molecule has 7 nitrogen and oxygen atoms in total. The summed E-state index contributed by atoms with van der Waals surface area (Å²) in [7, 11) is 0. The number of halogens is 4. The molecule has 0 unspecified atom stereocenters. The van der Waals surface area contributed by atoms with Crippen LogP contribution in [0.1, 0.15) is 31.7 Å². The number of nitrogens with two attached hydrogens (primary N) is 1. The first kappa shape index (κ1) is 25.6. The van der Waals surface area contributed by atoms with Crippen molar-refractivity contribution in [3.8, 4) is 11.3 Å². The van der Waals surface area contributed by atoms with Crippen LogP contribution in [-0.4, -0.2) is 19.7 Å². The fourth-order valence-corrected chi connectivity index (χ4v) is 3.44. The van der Waals surface area contributed by atoms with Crippen LogP contribution in [0.5, 0.6) is 0 Å². The van der Waals surface area contributed by atoms with E-state index in [2.05, 4.69) is 17.0 Å². The Bertz CT molecular complexity index is 1420. The van der Waals surface area contributed by atoms with Crippen molar-refractivity contribution in [1.82, 2.24) is 19.7 Å². The van der Waals surface area contributed by atoms with Crippen LogP contribution in [0, 0.1) is 5.82 Å². The molecule has 0 fully saturated rings. The van der Waals surface area contributed by atoms with Crippen molar-refractivity contribution in [2.75, 3.05) is 5.73 Å². The van der Waals surface area contributed by atoms with Crippen molar-refractivity contribution >= 4 is 16.5 Å². The molecule has 0 aliphatic heterocycles. The molecule has 0 aliphatic rings. The normalized spacial score (nSPS) is 11.2. The average Bonchev–Trinajstić information content (AvgIpc) is 2.81. The highest BCUT2D eigenvalue weighted by molar-refractivity contribution is 5.86. The van der Waals surface area contributed by atoms with Gasteiger partial charge in [-0.15, -0.1) is 0 Å². The molecule has 0 spiro atoms. The second-order valence-electron chi connectivity index (χ2n) is 7.68. The molecule has 1 aromatic carbocycles.